The fraction of sp³-hybridized carbons (Fsp3) is 0.136. The third-order valence-corrected chi connectivity index (χ3v) is 5.25. The molecule has 0 bridgehead atoms. The molecule has 6 nitrogen and oxygen atoms in total. The van der Waals surface area contributed by atoms with Crippen LogP contribution < -0.4 is 4.74 Å². The smallest absolute Gasteiger partial charge is 0.272 e. The quantitative estimate of drug-likeness (QED) is 0.660. The number of benzene rings is 2. The van der Waals surface area contributed by atoms with E-state index in [2.05, 4.69) is 9.98 Å². The van der Waals surface area contributed by atoms with E-state index in [-0.39, 0.29) is 17.6 Å². The molecule has 1 aromatic heterocycles. The Kier molecular flexibility index (Phi) is 4.02. The number of imidazole rings is 1. The van der Waals surface area contributed by atoms with Crippen molar-refractivity contribution in [3.63, 3.8) is 0 Å². The molecule has 2 aliphatic rings. The molecule has 0 saturated carbocycles. The molecule has 0 N–H and O–H groups in total. The monoisotopic (exact) mass is 406 g/mol. The summed E-state index contributed by atoms with van der Waals surface area (Å²) in [6.07, 6.45) is 6.82. The SMILES string of the molecule is CN1C=C(c2cc3ncn(C)c3cc2Oc2ccc(F)cc2F)C2C=CN=C2C1=O. The molecular weight excluding hydrogens is 390 g/mol. The van der Waals surface area contributed by atoms with Gasteiger partial charge in [0, 0.05) is 44.2 Å². The van der Waals surface area contributed by atoms with Crippen LogP contribution in [0, 0.1) is 17.6 Å². The van der Waals surface area contributed by atoms with Crippen molar-refractivity contribution in [1.82, 2.24) is 14.5 Å². The minimum Gasteiger partial charge on any atom is -0.454 e. The van der Waals surface area contributed by atoms with Crippen LogP contribution in [0.3, 0.4) is 0 Å². The molecule has 0 saturated heterocycles. The highest BCUT2D eigenvalue weighted by Crippen LogP contribution is 2.41. The number of amides is 1. The van der Waals surface area contributed by atoms with Crippen LogP contribution in [-0.4, -0.2) is 33.1 Å². The summed E-state index contributed by atoms with van der Waals surface area (Å²) in [5, 5.41) is 0. The number of hydrogen-bond acceptors (Lipinski definition) is 4. The van der Waals surface area contributed by atoms with Gasteiger partial charge in [-0.3, -0.25) is 9.79 Å². The highest BCUT2D eigenvalue weighted by atomic mass is 19.1. The fourth-order valence-corrected chi connectivity index (χ4v) is 3.73. The van der Waals surface area contributed by atoms with Gasteiger partial charge < -0.3 is 14.2 Å². The second kappa shape index (κ2) is 6.62. The zero-order valence-corrected chi connectivity index (χ0v) is 16.1. The van der Waals surface area contributed by atoms with Crippen LogP contribution in [0.25, 0.3) is 16.6 Å². The van der Waals surface area contributed by atoms with E-state index in [1.165, 1.54) is 11.0 Å². The molecule has 1 amide bonds. The summed E-state index contributed by atoms with van der Waals surface area (Å²) < 4.78 is 35.3. The van der Waals surface area contributed by atoms with Gasteiger partial charge in [0.2, 0.25) is 0 Å². The highest BCUT2D eigenvalue weighted by molar-refractivity contribution is 6.44. The maximum absolute atomic E-state index is 14.3. The van der Waals surface area contributed by atoms with Crippen LogP contribution >= 0.6 is 0 Å². The van der Waals surface area contributed by atoms with E-state index in [0.29, 0.717) is 17.0 Å². The van der Waals surface area contributed by atoms with Crippen molar-refractivity contribution < 1.29 is 18.3 Å². The Hall–Kier alpha value is -3.81. The molecule has 1 atom stereocenters. The maximum Gasteiger partial charge on any atom is 0.272 e. The number of fused-ring (bicyclic) bond motifs is 2. The van der Waals surface area contributed by atoms with Gasteiger partial charge in [0.25, 0.3) is 5.91 Å². The number of rotatable bonds is 3. The number of aryl methyl sites for hydroxylation is 1. The van der Waals surface area contributed by atoms with Crippen LogP contribution in [0.2, 0.25) is 0 Å². The summed E-state index contributed by atoms with van der Waals surface area (Å²) in [4.78, 5) is 22.5. The van der Waals surface area contributed by atoms with Gasteiger partial charge in [0.05, 0.1) is 23.3 Å². The summed E-state index contributed by atoms with van der Waals surface area (Å²) in [5.41, 5.74) is 3.34. The Morgan fingerprint density at radius 3 is 2.73 bits per heavy atom. The predicted octanol–water partition coefficient (Wildman–Crippen LogP) is 4.04. The van der Waals surface area contributed by atoms with E-state index in [9.17, 15) is 13.6 Å². The van der Waals surface area contributed by atoms with Crippen LogP contribution in [0.15, 0.2) is 60.1 Å². The topological polar surface area (TPSA) is 59.7 Å². The second-order valence-corrected chi connectivity index (χ2v) is 7.20. The normalized spacial score (nSPS) is 17.9. The largest absolute Gasteiger partial charge is 0.454 e. The van der Waals surface area contributed by atoms with Crippen LogP contribution in [-0.2, 0) is 11.8 Å². The Bertz CT molecular complexity index is 1310. The molecule has 0 aliphatic carbocycles. The lowest BCUT2D eigenvalue weighted by molar-refractivity contribution is -0.121. The van der Waals surface area contributed by atoms with E-state index < -0.39 is 11.6 Å². The molecule has 150 valence electrons. The number of carbonyl (C=O) groups excluding carboxylic acids is 1. The van der Waals surface area contributed by atoms with Crippen molar-refractivity contribution >= 4 is 28.2 Å². The summed E-state index contributed by atoms with van der Waals surface area (Å²) in [7, 11) is 3.49. The van der Waals surface area contributed by atoms with E-state index in [1.54, 1.807) is 31.8 Å². The van der Waals surface area contributed by atoms with Gasteiger partial charge in [-0.15, -0.1) is 0 Å². The summed E-state index contributed by atoms with van der Waals surface area (Å²) in [6, 6.07) is 6.75. The Morgan fingerprint density at radius 2 is 1.93 bits per heavy atom. The average Bonchev–Trinajstić information content (AvgIpc) is 3.34. The van der Waals surface area contributed by atoms with Crippen molar-refractivity contribution in [2.45, 2.75) is 0 Å². The van der Waals surface area contributed by atoms with E-state index >= 15 is 0 Å². The van der Waals surface area contributed by atoms with E-state index in [1.807, 2.05) is 23.8 Å². The summed E-state index contributed by atoms with van der Waals surface area (Å²) >= 11 is 0. The molecular formula is C22H16F2N4O2. The number of hydrogen-bond donors (Lipinski definition) is 0. The van der Waals surface area contributed by atoms with Crippen LogP contribution in [0.1, 0.15) is 5.56 Å². The zero-order valence-electron chi connectivity index (χ0n) is 16.1. The van der Waals surface area contributed by atoms with Gasteiger partial charge in [-0.25, -0.2) is 13.8 Å². The van der Waals surface area contributed by atoms with E-state index in [4.69, 9.17) is 4.74 Å². The fourth-order valence-electron chi connectivity index (χ4n) is 3.73. The third-order valence-electron chi connectivity index (χ3n) is 5.25. The summed E-state index contributed by atoms with van der Waals surface area (Å²) in [6.45, 7) is 0. The Labute approximate surface area is 170 Å². The lowest BCUT2D eigenvalue weighted by Crippen LogP contribution is -2.37. The second-order valence-electron chi connectivity index (χ2n) is 7.20. The van der Waals surface area contributed by atoms with Gasteiger partial charge in [-0.05, 0) is 23.8 Å². The Balaban J connectivity index is 1.70. The van der Waals surface area contributed by atoms with Gasteiger partial charge in [-0.2, -0.15) is 0 Å². The average molecular weight is 406 g/mol. The minimum absolute atomic E-state index is 0.101. The lowest BCUT2D eigenvalue weighted by atomic mass is 9.86. The van der Waals surface area contributed by atoms with Crippen molar-refractivity contribution in [3.8, 4) is 11.5 Å². The lowest BCUT2D eigenvalue weighted by Gasteiger charge is -2.27. The number of carbonyl (C=O) groups is 1. The number of halogens is 2. The number of aliphatic imine (C=N–C) groups is 1. The first-order valence-corrected chi connectivity index (χ1v) is 9.24. The van der Waals surface area contributed by atoms with Gasteiger partial charge in [-0.1, -0.05) is 6.08 Å². The Morgan fingerprint density at radius 1 is 1.10 bits per heavy atom. The number of nitrogens with zero attached hydrogens (tertiary/aromatic N) is 4. The van der Waals surface area contributed by atoms with Gasteiger partial charge in [0.1, 0.15) is 17.3 Å². The number of allylic oxidation sites excluding steroid dienone is 2. The molecule has 2 aliphatic heterocycles. The highest BCUT2D eigenvalue weighted by Gasteiger charge is 2.35. The molecule has 3 heterocycles. The first-order valence-electron chi connectivity index (χ1n) is 9.24. The molecule has 2 aromatic carbocycles. The van der Waals surface area contributed by atoms with Crippen molar-refractivity contribution in [1.29, 1.82) is 0 Å². The molecule has 5 rings (SSSR count). The van der Waals surface area contributed by atoms with E-state index in [0.717, 1.165) is 28.7 Å². The molecule has 0 spiro atoms. The first-order chi connectivity index (χ1) is 14.4. The number of ether oxygens (including phenoxy) is 1. The third kappa shape index (κ3) is 2.80. The van der Waals surface area contributed by atoms with Crippen molar-refractivity contribution in [2.24, 2.45) is 18.0 Å². The summed E-state index contributed by atoms with van der Waals surface area (Å²) in [5.74, 6) is -1.75. The van der Waals surface area contributed by atoms with Crippen LogP contribution in [0.5, 0.6) is 11.5 Å². The van der Waals surface area contributed by atoms with Gasteiger partial charge in [0.15, 0.2) is 11.6 Å². The minimum atomic E-state index is -0.806. The molecule has 0 fully saturated rings. The molecule has 30 heavy (non-hydrogen) atoms. The first kappa shape index (κ1) is 18.2. The number of aromatic nitrogens is 2. The molecule has 3 aromatic rings. The molecule has 8 heteroatoms. The molecule has 0 radical (unpaired) electrons. The van der Waals surface area contributed by atoms with Crippen LogP contribution in [0.4, 0.5) is 8.78 Å². The maximum atomic E-state index is 14.3. The standard InChI is InChI=1S/C22H16F2N4O2/c1-27-10-15(13-5-6-25-21(13)22(27)29)14-8-17-18(28(2)11-26-17)9-20(14)30-19-4-3-12(23)7-16(19)24/h3-11,13H,1-2H3. The predicted molar refractivity (Wildman–Crippen MR) is 108 cm³/mol. The van der Waals surface area contributed by atoms with Crippen molar-refractivity contribution in [2.75, 3.05) is 7.05 Å². The molecule has 1 unspecified atom stereocenters. The van der Waals surface area contributed by atoms with Gasteiger partial charge >= 0.3 is 0 Å². The zero-order chi connectivity index (χ0) is 21.0. The van der Waals surface area contributed by atoms with Crippen molar-refractivity contribution in [3.05, 3.63) is 72.3 Å².